The highest BCUT2D eigenvalue weighted by molar-refractivity contribution is 6.73. The van der Waals surface area contributed by atoms with Crippen molar-refractivity contribution >= 4 is 26.0 Å². The van der Waals surface area contributed by atoms with Gasteiger partial charge in [0, 0.05) is 31.6 Å². The van der Waals surface area contributed by atoms with Gasteiger partial charge in [0.05, 0.1) is 35.7 Å². The zero-order valence-electron chi connectivity index (χ0n) is 28.0. The van der Waals surface area contributed by atoms with E-state index in [2.05, 4.69) is 20.8 Å². The van der Waals surface area contributed by atoms with Crippen LogP contribution in [0, 0.1) is 16.7 Å². The van der Waals surface area contributed by atoms with Crippen molar-refractivity contribution in [3.8, 4) is 0 Å². The largest absolute Gasteiger partial charge is 0.455 e. The zero-order chi connectivity index (χ0) is 33.2. The summed E-state index contributed by atoms with van der Waals surface area (Å²) in [6.07, 6.45) is -3.54. The van der Waals surface area contributed by atoms with Crippen LogP contribution in [-0.4, -0.2) is 78.5 Å². The lowest BCUT2D eigenvalue weighted by Gasteiger charge is -2.68. The second kappa shape index (κ2) is 11.7. The first kappa shape index (κ1) is 34.0. The molecule has 8 atom stereocenters. The van der Waals surface area contributed by atoms with Crippen LogP contribution < -0.4 is 0 Å². The Kier molecular flexibility index (Phi) is 8.83. The van der Waals surface area contributed by atoms with Crippen LogP contribution in [-0.2, 0) is 28.2 Å². The van der Waals surface area contributed by atoms with Crippen molar-refractivity contribution in [2.24, 2.45) is 16.7 Å². The summed E-state index contributed by atoms with van der Waals surface area (Å²) in [5, 5.41) is 24.4. The number of Topliss-reactive ketones (excluding diaryl/α,β-unsaturated/α-hetero) is 1. The van der Waals surface area contributed by atoms with E-state index in [9.17, 15) is 19.8 Å². The Morgan fingerprint density at radius 2 is 1.69 bits per heavy atom. The molecule has 2 N–H and O–H groups in total. The Hall–Kier alpha value is -2.37. The highest BCUT2D eigenvalue weighted by Crippen LogP contribution is 2.64. The van der Waals surface area contributed by atoms with Crippen LogP contribution in [0.5, 0.6) is 0 Å². The number of hydrogen-bond donors (Lipinski definition) is 2. The first-order valence-corrected chi connectivity index (χ1v) is 19.0. The van der Waals surface area contributed by atoms with Gasteiger partial charge in [0.15, 0.2) is 13.9 Å². The number of carbonyl (C=O) groups excluding carboxylic acids is 3. The van der Waals surface area contributed by atoms with Crippen molar-refractivity contribution in [3.05, 3.63) is 47.0 Å². The van der Waals surface area contributed by atoms with Gasteiger partial charge in [0.1, 0.15) is 23.6 Å². The van der Waals surface area contributed by atoms with E-state index < -0.39 is 72.6 Å². The van der Waals surface area contributed by atoms with Crippen LogP contribution in [0.1, 0.15) is 85.0 Å². The van der Waals surface area contributed by atoms with Gasteiger partial charge in [0.25, 0.3) is 0 Å². The van der Waals surface area contributed by atoms with Crippen molar-refractivity contribution in [3.63, 3.8) is 0 Å². The number of ether oxygens (including phenoxy) is 3. The van der Waals surface area contributed by atoms with Gasteiger partial charge in [-0.05, 0) is 49.7 Å². The Morgan fingerprint density at radius 3 is 2.22 bits per heavy atom. The van der Waals surface area contributed by atoms with Crippen LogP contribution >= 0.6 is 0 Å². The third-order valence-electron chi connectivity index (χ3n) is 12.3. The van der Waals surface area contributed by atoms with Crippen molar-refractivity contribution in [2.75, 3.05) is 6.61 Å². The van der Waals surface area contributed by atoms with Crippen molar-refractivity contribution in [2.45, 2.75) is 128 Å². The Labute approximate surface area is 267 Å². The standard InChI is InChI=1S/C35H50O9Si/c1-9-45(10-2,11-3)44-27-18-28-34(20-41-28,43-22(5)36)29-30(42-31(39)23-15-13-12-14-16-23)35(40)19-25(37)21(4)24(32(35,6)7)17-26(38)33(27,29)8/h12-16,25,27-30,37,40H,9-11,17-20H2,1-8H3/t25-,27-,28+,29-,30-,33+,34-,35+/m0/s1. The van der Waals surface area contributed by atoms with E-state index in [0.29, 0.717) is 17.6 Å². The van der Waals surface area contributed by atoms with E-state index in [0.717, 1.165) is 18.1 Å². The second-order valence-corrected chi connectivity index (χ2v) is 19.1. The molecule has 2 saturated carbocycles. The molecule has 0 unspecified atom stereocenters. The number of fused-ring (bicyclic) bond motifs is 5. The summed E-state index contributed by atoms with van der Waals surface area (Å²) in [5.74, 6) is -2.42. The van der Waals surface area contributed by atoms with E-state index in [1.165, 1.54) is 6.92 Å². The summed E-state index contributed by atoms with van der Waals surface area (Å²) >= 11 is 0. The zero-order valence-corrected chi connectivity index (χ0v) is 29.0. The van der Waals surface area contributed by atoms with Crippen LogP contribution in [0.25, 0.3) is 0 Å². The van der Waals surface area contributed by atoms with E-state index in [4.69, 9.17) is 18.6 Å². The average Bonchev–Trinajstić information content (AvgIpc) is 3.00. The molecule has 1 heterocycles. The van der Waals surface area contributed by atoms with Gasteiger partial charge in [-0.2, -0.15) is 0 Å². The molecule has 3 aliphatic carbocycles. The Balaban J connectivity index is 1.81. The molecular formula is C35H50O9Si. The van der Waals surface area contributed by atoms with Crippen LogP contribution in [0.15, 0.2) is 41.5 Å². The molecule has 1 aromatic rings. The van der Waals surface area contributed by atoms with E-state index in [-0.39, 0.29) is 30.8 Å². The molecule has 1 aromatic carbocycles. The maximum Gasteiger partial charge on any atom is 0.338 e. The summed E-state index contributed by atoms with van der Waals surface area (Å²) in [5.41, 5.74) is -4.09. The van der Waals surface area contributed by atoms with Crippen molar-refractivity contribution in [1.29, 1.82) is 0 Å². The minimum Gasteiger partial charge on any atom is -0.455 e. The summed E-state index contributed by atoms with van der Waals surface area (Å²) in [7, 11) is -2.31. The lowest BCUT2D eigenvalue weighted by Crippen LogP contribution is -2.81. The van der Waals surface area contributed by atoms with Gasteiger partial charge in [-0.3, -0.25) is 9.59 Å². The molecule has 2 bridgehead atoms. The van der Waals surface area contributed by atoms with Crippen LogP contribution in [0.2, 0.25) is 18.1 Å². The predicted octanol–water partition coefficient (Wildman–Crippen LogP) is 5.14. The minimum atomic E-state index is -2.31. The highest BCUT2D eigenvalue weighted by Gasteiger charge is 2.77. The molecular weight excluding hydrogens is 592 g/mol. The summed E-state index contributed by atoms with van der Waals surface area (Å²) in [6, 6.07) is 11.1. The predicted molar refractivity (Wildman–Crippen MR) is 170 cm³/mol. The molecule has 9 nitrogen and oxygen atoms in total. The number of esters is 2. The quantitative estimate of drug-likeness (QED) is 0.225. The first-order valence-electron chi connectivity index (χ1n) is 16.5. The number of ketones is 1. The van der Waals surface area contributed by atoms with E-state index >= 15 is 4.79 Å². The fraction of sp³-hybridized carbons (Fsp3) is 0.686. The molecule has 4 aliphatic rings. The lowest BCUT2D eigenvalue weighted by molar-refractivity contribution is -0.343. The number of aliphatic hydroxyl groups is 2. The van der Waals surface area contributed by atoms with Crippen molar-refractivity contribution in [1.82, 2.24) is 0 Å². The lowest BCUT2D eigenvalue weighted by atomic mass is 9.45. The number of benzene rings is 1. The topological polar surface area (TPSA) is 129 Å². The summed E-state index contributed by atoms with van der Waals surface area (Å²) in [6.45, 7) is 15.0. The maximum atomic E-state index is 15.1. The normalized spacial score (nSPS) is 37.4. The van der Waals surface area contributed by atoms with Gasteiger partial charge in [-0.15, -0.1) is 0 Å². The van der Waals surface area contributed by atoms with Gasteiger partial charge < -0.3 is 28.8 Å². The minimum absolute atomic E-state index is 0.0183. The highest BCUT2D eigenvalue weighted by atomic mass is 28.4. The average molecular weight is 643 g/mol. The van der Waals surface area contributed by atoms with E-state index in [1.807, 2.05) is 20.8 Å². The van der Waals surface area contributed by atoms with Crippen LogP contribution in [0.4, 0.5) is 0 Å². The summed E-state index contributed by atoms with van der Waals surface area (Å²) in [4.78, 5) is 41.8. The van der Waals surface area contributed by atoms with Crippen LogP contribution in [0.3, 0.4) is 0 Å². The van der Waals surface area contributed by atoms with Gasteiger partial charge in [-0.1, -0.05) is 58.4 Å². The molecule has 1 saturated heterocycles. The number of rotatable bonds is 8. The Morgan fingerprint density at radius 1 is 1.07 bits per heavy atom. The molecule has 10 heteroatoms. The number of aliphatic hydroxyl groups excluding tert-OH is 1. The first-order chi connectivity index (χ1) is 21.1. The van der Waals surface area contributed by atoms with Gasteiger partial charge >= 0.3 is 11.9 Å². The van der Waals surface area contributed by atoms with E-state index in [1.54, 1.807) is 37.3 Å². The van der Waals surface area contributed by atoms with Crippen molar-refractivity contribution < 1.29 is 43.2 Å². The second-order valence-electron chi connectivity index (χ2n) is 14.4. The molecule has 5 rings (SSSR count). The molecule has 0 amide bonds. The molecule has 248 valence electrons. The smallest absolute Gasteiger partial charge is 0.338 e. The summed E-state index contributed by atoms with van der Waals surface area (Å²) < 4.78 is 25.9. The molecule has 3 fully saturated rings. The fourth-order valence-corrected chi connectivity index (χ4v) is 11.9. The third kappa shape index (κ3) is 4.97. The maximum absolute atomic E-state index is 15.1. The van der Waals surface area contributed by atoms with Gasteiger partial charge in [-0.25, -0.2) is 4.79 Å². The number of hydrogen-bond acceptors (Lipinski definition) is 9. The molecule has 45 heavy (non-hydrogen) atoms. The molecule has 1 aliphatic heterocycles. The van der Waals surface area contributed by atoms with Gasteiger partial charge in [0.2, 0.25) is 0 Å². The molecule has 0 radical (unpaired) electrons. The third-order valence-corrected chi connectivity index (χ3v) is 16.9. The monoisotopic (exact) mass is 642 g/mol. The number of carbonyl (C=O) groups is 3. The molecule has 0 aromatic heterocycles. The molecule has 0 spiro atoms. The Bertz CT molecular complexity index is 1360. The fourth-order valence-electron chi connectivity index (χ4n) is 8.93. The SMILES string of the molecule is CC[Si](CC)(CC)O[C@H]1C[C@H]2OC[C@@]2(OC(C)=O)[C@H]2[C@H](OC(=O)c3ccccc3)[C@]3(O)C[C@H](O)C(C)=C(CC(=O)[C@]12C)C3(C)C.